The molecule has 5 atom stereocenters. The largest absolute Gasteiger partial charge is 0.497 e. The van der Waals surface area contributed by atoms with Crippen LogP contribution in [0.1, 0.15) is 26.3 Å². The predicted molar refractivity (Wildman–Crippen MR) is 150 cm³/mol. The molecular formula is C30H34O12. The van der Waals surface area contributed by atoms with Gasteiger partial charge in [-0.05, 0) is 44.5 Å². The van der Waals surface area contributed by atoms with Crippen molar-refractivity contribution in [3.05, 3.63) is 57.8 Å². The van der Waals surface area contributed by atoms with E-state index in [1.807, 2.05) is 19.9 Å². The molecular weight excluding hydrogens is 552 g/mol. The lowest BCUT2D eigenvalue weighted by Gasteiger charge is -2.39. The summed E-state index contributed by atoms with van der Waals surface area (Å²) < 4.78 is 34.0. The molecule has 3 aromatic rings. The SMILES string of the molecule is COc1ccc(-c2oc3c(CC=C(C)C)c(O[C@@H]4OC(CO)[C@@H](O)[C@H](O)[C@H]4O)cc(OC)c3c(=O)c2OC(C)=O)cc1. The number of aliphatic hydroxyl groups excluding tert-OH is 4. The summed E-state index contributed by atoms with van der Waals surface area (Å²) in [5.74, 6) is -0.468. The molecule has 1 unspecified atom stereocenters. The highest BCUT2D eigenvalue weighted by molar-refractivity contribution is 5.92. The number of ether oxygens (including phenoxy) is 5. The number of allylic oxidation sites excluding steroid dienone is 2. The first-order valence-corrected chi connectivity index (χ1v) is 13.1. The Balaban J connectivity index is 2.00. The second kappa shape index (κ2) is 12.9. The number of aliphatic hydroxyl groups is 4. The first kappa shape index (κ1) is 31.0. The van der Waals surface area contributed by atoms with E-state index in [1.54, 1.807) is 24.3 Å². The molecule has 4 N–H and O–H groups in total. The van der Waals surface area contributed by atoms with Gasteiger partial charge in [-0.1, -0.05) is 11.6 Å². The lowest BCUT2D eigenvalue weighted by Crippen LogP contribution is -2.60. The van der Waals surface area contributed by atoms with E-state index in [2.05, 4.69) is 0 Å². The second-order valence-electron chi connectivity index (χ2n) is 9.97. The average Bonchev–Trinajstić information content (AvgIpc) is 2.97. The Morgan fingerprint density at radius 1 is 0.976 bits per heavy atom. The van der Waals surface area contributed by atoms with Crippen molar-refractivity contribution in [2.24, 2.45) is 0 Å². The van der Waals surface area contributed by atoms with Crippen molar-refractivity contribution < 1.29 is 53.3 Å². The highest BCUT2D eigenvalue weighted by Crippen LogP contribution is 2.41. The van der Waals surface area contributed by atoms with E-state index in [0.29, 0.717) is 16.9 Å². The van der Waals surface area contributed by atoms with Crippen LogP contribution in [0, 0.1) is 0 Å². The molecule has 1 aliphatic heterocycles. The molecule has 2 aromatic carbocycles. The maximum absolute atomic E-state index is 13.9. The monoisotopic (exact) mass is 586 g/mol. The average molecular weight is 587 g/mol. The smallest absolute Gasteiger partial charge is 0.308 e. The van der Waals surface area contributed by atoms with Crippen LogP contribution in [-0.2, 0) is 16.0 Å². The Hall–Kier alpha value is -3.94. The summed E-state index contributed by atoms with van der Waals surface area (Å²) in [5.41, 5.74) is 1.08. The van der Waals surface area contributed by atoms with E-state index in [4.69, 9.17) is 28.1 Å². The standard InChI is InChI=1S/C30H34O12/c1-14(2)6-11-18-19(40-30-26(36)25(35)23(33)21(13-31)41-30)12-20(38-5)22-24(34)29(39-15(3)32)27(42-28(18)22)16-7-9-17(37-4)10-8-16/h6-10,12,21,23,25-26,30-31,33,35-36H,11,13H2,1-5H3/t21?,23-,25+,26-,30-/m1/s1. The minimum atomic E-state index is -1.69. The zero-order valence-corrected chi connectivity index (χ0v) is 23.8. The van der Waals surface area contributed by atoms with Crippen molar-refractivity contribution in [1.29, 1.82) is 0 Å². The molecule has 4 rings (SSSR count). The van der Waals surface area contributed by atoms with Crippen molar-refractivity contribution in [3.8, 4) is 34.3 Å². The summed E-state index contributed by atoms with van der Waals surface area (Å²) in [6.07, 6.45) is -5.61. The van der Waals surface area contributed by atoms with Crippen molar-refractivity contribution in [2.75, 3.05) is 20.8 Å². The third kappa shape index (κ3) is 6.13. The fourth-order valence-corrected chi connectivity index (χ4v) is 4.57. The zero-order valence-electron chi connectivity index (χ0n) is 23.8. The lowest BCUT2D eigenvalue weighted by atomic mass is 9.99. The fraction of sp³-hybridized carbons (Fsp3) is 0.400. The number of carbonyl (C=O) groups is 1. The summed E-state index contributed by atoms with van der Waals surface area (Å²) in [4.78, 5) is 25.9. The molecule has 1 aliphatic rings. The molecule has 1 fully saturated rings. The van der Waals surface area contributed by atoms with Gasteiger partial charge < -0.3 is 48.5 Å². The second-order valence-corrected chi connectivity index (χ2v) is 9.97. The fourth-order valence-electron chi connectivity index (χ4n) is 4.57. The van der Waals surface area contributed by atoms with Crippen LogP contribution in [-0.4, -0.2) is 77.9 Å². The minimum absolute atomic E-state index is 0.00831. The Labute approximate surface area is 241 Å². The van der Waals surface area contributed by atoms with Crippen LogP contribution in [0.15, 0.2) is 51.2 Å². The van der Waals surface area contributed by atoms with Crippen molar-refractivity contribution in [3.63, 3.8) is 0 Å². The molecule has 1 aromatic heterocycles. The summed E-state index contributed by atoms with van der Waals surface area (Å²) >= 11 is 0. The topological polar surface area (TPSA) is 174 Å². The number of hydrogen-bond acceptors (Lipinski definition) is 12. The van der Waals surface area contributed by atoms with Gasteiger partial charge >= 0.3 is 5.97 Å². The number of fused-ring (bicyclic) bond motifs is 1. The van der Waals surface area contributed by atoms with E-state index in [1.165, 1.54) is 20.3 Å². The Morgan fingerprint density at radius 2 is 1.67 bits per heavy atom. The van der Waals surface area contributed by atoms with E-state index in [9.17, 15) is 30.0 Å². The minimum Gasteiger partial charge on any atom is -0.497 e. The summed E-state index contributed by atoms with van der Waals surface area (Å²) in [6, 6.07) is 7.97. The molecule has 0 radical (unpaired) electrons. The van der Waals surface area contributed by atoms with Crippen LogP contribution in [0.4, 0.5) is 0 Å². The zero-order chi connectivity index (χ0) is 30.7. The van der Waals surface area contributed by atoms with E-state index in [-0.39, 0.29) is 40.4 Å². The summed E-state index contributed by atoms with van der Waals surface area (Å²) in [5, 5.41) is 40.7. The molecule has 0 amide bonds. The molecule has 0 aliphatic carbocycles. The third-order valence-corrected chi connectivity index (χ3v) is 6.77. The van der Waals surface area contributed by atoms with E-state index < -0.39 is 48.7 Å². The van der Waals surface area contributed by atoms with Gasteiger partial charge in [-0.2, -0.15) is 0 Å². The molecule has 0 spiro atoms. The van der Waals surface area contributed by atoms with Crippen LogP contribution >= 0.6 is 0 Å². The van der Waals surface area contributed by atoms with Gasteiger partial charge in [0.05, 0.1) is 20.8 Å². The van der Waals surface area contributed by atoms with Gasteiger partial charge in [0.25, 0.3) is 0 Å². The van der Waals surface area contributed by atoms with E-state index >= 15 is 0 Å². The highest BCUT2D eigenvalue weighted by atomic mass is 16.7. The van der Waals surface area contributed by atoms with Crippen molar-refractivity contribution in [2.45, 2.75) is 57.9 Å². The first-order valence-electron chi connectivity index (χ1n) is 13.1. The van der Waals surface area contributed by atoms with Crippen LogP contribution in [0.25, 0.3) is 22.3 Å². The van der Waals surface area contributed by atoms with Gasteiger partial charge in [-0.15, -0.1) is 0 Å². The van der Waals surface area contributed by atoms with Crippen molar-refractivity contribution in [1.82, 2.24) is 0 Å². The van der Waals surface area contributed by atoms with Crippen LogP contribution < -0.4 is 24.4 Å². The normalized spacial score (nSPS) is 22.0. The summed E-state index contributed by atoms with van der Waals surface area (Å²) in [6.45, 7) is 4.27. The lowest BCUT2D eigenvalue weighted by molar-refractivity contribution is -0.277. The van der Waals surface area contributed by atoms with Gasteiger partial charge in [-0.25, -0.2) is 0 Å². The van der Waals surface area contributed by atoms with Gasteiger partial charge in [0.15, 0.2) is 5.76 Å². The van der Waals surface area contributed by atoms with E-state index in [0.717, 1.165) is 12.5 Å². The van der Waals surface area contributed by atoms with Gasteiger partial charge in [0, 0.05) is 24.1 Å². The molecule has 0 saturated carbocycles. The van der Waals surface area contributed by atoms with Crippen LogP contribution in [0.5, 0.6) is 23.0 Å². The summed E-state index contributed by atoms with van der Waals surface area (Å²) in [7, 11) is 2.83. The number of carbonyl (C=O) groups excluding carboxylic acids is 1. The number of rotatable bonds is 9. The number of methoxy groups -OCH3 is 2. The maximum atomic E-state index is 13.9. The Bertz CT molecular complexity index is 1520. The van der Waals surface area contributed by atoms with Crippen molar-refractivity contribution >= 4 is 16.9 Å². The van der Waals surface area contributed by atoms with Crippen LogP contribution in [0.3, 0.4) is 0 Å². The molecule has 0 bridgehead atoms. The quantitative estimate of drug-likeness (QED) is 0.213. The Kier molecular flexibility index (Phi) is 9.54. The molecule has 226 valence electrons. The number of hydrogen-bond donors (Lipinski definition) is 4. The molecule has 1 saturated heterocycles. The predicted octanol–water partition coefficient (Wildman–Crippen LogP) is 2.09. The van der Waals surface area contributed by atoms with Crippen LogP contribution in [0.2, 0.25) is 0 Å². The Morgan fingerprint density at radius 3 is 2.24 bits per heavy atom. The number of esters is 1. The van der Waals surface area contributed by atoms with Gasteiger partial charge in [0.2, 0.25) is 17.5 Å². The molecule has 12 heteroatoms. The maximum Gasteiger partial charge on any atom is 0.308 e. The first-order chi connectivity index (χ1) is 20.0. The van der Waals surface area contributed by atoms with Gasteiger partial charge in [0.1, 0.15) is 52.6 Å². The highest BCUT2D eigenvalue weighted by Gasteiger charge is 2.45. The molecule has 42 heavy (non-hydrogen) atoms. The molecule has 2 heterocycles. The number of benzene rings is 2. The molecule has 12 nitrogen and oxygen atoms in total. The third-order valence-electron chi connectivity index (χ3n) is 6.77. The van der Waals surface area contributed by atoms with Gasteiger partial charge in [-0.3, -0.25) is 9.59 Å².